The molecule has 2 saturated heterocycles. The summed E-state index contributed by atoms with van der Waals surface area (Å²) in [5, 5.41) is 10.3. The Morgan fingerprint density at radius 1 is 1.05 bits per heavy atom. The number of imidazole rings is 1. The average Bonchev–Trinajstić information content (AvgIpc) is 3.53. The summed E-state index contributed by atoms with van der Waals surface area (Å²) in [4.78, 5) is 30.3. The number of carbonyl (C=O) groups is 1. The molecule has 2 aliphatic rings. The normalized spacial score (nSPS) is 17.5. The Labute approximate surface area is 244 Å². The Bertz CT molecular complexity index is 1760. The highest BCUT2D eigenvalue weighted by molar-refractivity contribution is 7.18. The van der Waals surface area contributed by atoms with Crippen molar-refractivity contribution in [1.29, 1.82) is 0 Å². The van der Waals surface area contributed by atoms with Gasteiger partial charge in [-0.25, -0.2) is 19.2 Å². The van der Waals surface area contributed by atoms with Crippen LogP contribution < -0.4 is 9.64 Å². The first kappa shape index (κ1) is 26.7. The van der Waals surface area contributed by atoms with Crippen molar-refractivity contribution in [1.82, 2.24) is 24.4 Å². The topological polar surface area (TPSA) is 106 Å². The second-order valence-corrected chi connectivity index (χ2v) is 11.6. The molecule has 2 aromatic carbocycles. The molecule has 0 amide bonds. The molecule has 2 fully saturated rings. The van der Waals surface area contributed by atoms with Gasteiger partial charge in [0.15, 0.2) is 0 Å². The van der Waals surface area contributed by atoms with E-state index in [1.54, 1.807) is 24.3 Å². The standard InChI is InChI=1S/C30H29FN6O4S/c31-20-5-7-23-25(15-20)42-29(33-23)18-41-28-3-1-2-26(34-28)36-11-9-35(10-12-36)17-27-32-22-6-4-19(30(38)39)14-24(22)37(27)16-21-8-13-40-21/h1-7,14-15,21H,8-13,16-18H2,(H,38,39)/t21-/m0/s1. The summed E-state index contributed by atoms with van der Waals surface area (Å²) in [7, 11) is 0. The lowest BCUT2D eigenvalue weighted by Gasteiger charge is -2.35. The lowest BCUT2D eigenvalue weighted by Crippen LogP contribution is -2.46. The summed E-state index contributed by atoms with van der Waals surface area (Å²) in [6.45, 7) is 5.63. The maximum Gasteiger partial charge on any atom is 0.335 e. The molecule has 1 atom stereocenters. The van der Waals surface area contributed by atoms with Crippen LogP contribution in [0.3, 0.4) is 0 Å². The predicted octanol–water partition coefficient (Wildman–Crippen LogP) is 4.57. The van der Waals surface area contributed by atoms with E-state index in [2.05, 4.69) is 19.4 Å². The zero-order chi connectivity index (χ0) is 28.6. The van der Waals surface area contributed by atoms with E-state index in [1.807, 2.05) is 18.2 Å². The highest BCUT2D eigenvalue weighted by atomic mass is 32.1. The van der Waals surface area contributed by atoms with Gasteiger partial charge in [-0.3, -0.25) is 4.90 Å². The van der Waals surface area contributed by atoms with Crippen LogP contribution in [0.4, 0.5) is 10.2 Å². The zero-order valence-corrected chi connectivity index (χ0v) is 23.6. The second kappa shape index (κ2) is 11.3. The number of thiazole rings is 1. The molecule has 7 rings (SSSR count). The Kier molecular flexibility index (Phi) is 7.18. The third kappa shape index (κ3) is 5.52. The molecule has 2 aliphatic heterocycles. The van der Waals surface area contributed by atoms with E-state index >= 15 is 0 Å². The van der Waals surface area contributed by atoms with Crippen LogP contribution in [0.1, 0.15) is 27.6 Å². The van der Waals surface area contributed by atoms with Gasteiger partial charge in [0.05, 0.1) is 46.0 Å². The van der Waals surface area contributed by atoms with Gasteiger partial charge >= 0.3 is 5.97 Å². The maximum absolute atomic E-state index is 13.5. The van der Waals surface area contributed by atoms with Crippen LogP contribution >= 0.6 is 11.3 Å². The molecular weight excluding hydrogens is 559 g/mol. The molecule has 12 heteroatoms. The van der Waals surface area contributed by atoms with Crippen molar-refractivity contribution in [3.8, 4) is 5.88 Å². The van der Waals surface area contributed by atoms with Crippen molar-refractivity contribution < 1.29 is 23.8 Å². The van der Waals surface area contributed by atoms with Gasteiger partial charge in [-0.05, 0) is 48.9 Å². The number of halogens is 1. The number of benzene rings is 2. The Morgan fingerprint density at radius 3 is 2.67 bits per heavy atom. The third-order valence-corrected chi connectivity index (χ3v) is 8.75. The number of fused-ring (bicyclic) bond motifs is 2. The largest absolute Gasteiger partial charge is 0.478 e. The minimum absolute atomic E-state index is 0.129. The van der Waals surface area contributed by atoms with Gasteiger partial charge in [0, 0.05) is 38.9 Å². The van der Waals surface area contributed by atoms with Crippen LogP contribution in [-0.4, -0.2) is 74.4 Å². The molecule has 216 valence electrons. The third-order valence-electron chi connectivity index (χ3n) is 7.76. The number of rotatable bonds is 9. The number of aromatic nitrogens is 4. The number of hydrogen-bond acceptors (Lipinski definition) is 9. The molecule has 0 radical (unpaired) electrons. The number of carboxylic acid groups (broad SMARTS) is 1. The van der Waals surface area contributed by atoms with Crippen LogP contribution in [0, 0.1) is 5.82 Å². The van der Waals surface area contributed by atoms with Crippen LogP contribution in [0.15, 0.2) is 54.6 Å². The molecule has 0 spiro atoms. The van der Waals surface area contributed by atoms with Gasteiger partial charge in [-0.2, -0.15) is 4.98 Å². The molecule has 0 saturated carbocycles. The van der Waals surface area contributed by atoms with Gasteiger partial charge in [-0.1, -0.05) is 6.07 Å². The lowest BCUT2D eigenvalue weighted by molar-refractivity contribution is -0.0592. The number of ether oxygens (including phenoxy) is 2. The first-order valence-corrected chi connectivity index (χ1v) is 14.8. The van der Waals surface area contributed by atoms with Crippen molar-refractivity contribution in [3.63, 3.8) is 0 Å². The number of hydrogen-bond donors (Lipinski definition) is 1. The summed E-state index contributed by atoms with van der Waals surface area (Å²) >= 11 is 1.42. The molecule has 0 bridgehead atoms. The van der Waals surface area contributed by atoms with Crippen LogP contribution in [-0.2, 0) is 24.4 Å². The van der Waals surface area contributed by atoms with Gasteiger partial charge in [0.25, 0.3) is 0 Å². The summed E-state index contributed by atoms with van der Waals surface area (Å²) in [5.41, 5.74) is 2.65. The first-order valence-electron chi connectivity index (χ1n) is 13.9. The Balaban J connectivity index is 1.000. The van der Waals surface area contributed by atoms with Crippen molar-refractivity contribution >= 4 is 44.4 Å². The van der Waals surface area contributed by atoms with Gasteiger partial charge < -0.3 is 24.0 Å². The monoisotopic (exact) mass is 588 g/mol. The van der Waals surface area contributed by atoms with Gasteiger partial charge in [0.2, 0.25) is 5.88 Å². The van der Waals surface area contributed by atoms with E-state index < -0.39 is 5.97 Å². The molecular formula is C30H29FN6O4S. The molecule has 3 aromatic heterocycles. The summed E-state index contributed by atoms with van der Waals surface area (Å²) in [6, 6.07) is 15.4. The predicted molar refractivity (Wildman–Crippen MR) is 157 cm³/mol. The van der Waals surface area contributed by atoms with E-state index in [1.165, 1.54) is 23.5 Å². The van der Waals surface area contributed by atoms with Crippen LogP contribution in [0.25, 0.3) is 21.3 Å². The molecule has 0 aliphatic carbocycles. The molecule has 42 heavy (non-hydrogen) atoms. The van der Waals surface area contributed by atoms with E-state index in [4.69, 9.17) is 19.4 Å². The Hall–Kier alpha value is -4.13. The van der Waals surface area contributed by atoms with E-state index in [-0.39, 0.29) is 24.1 Å². The number of piperazine rings is 1. The summed E-state index contributed by atoms with van der Waals surface area (Å²) < 4.78 is 28.1. The fourth-order valence-electron chi connectivity index (χ4n) is 5.40. The van der Waals surface area contributed by atoms with Crippen LogP contribution in [0.5, 0.6) is 5.88 Å². The quantitative estimate of drug-likeness (QED) is 0.265. The van der Waals surface area contributed by atoms with Crippen molar-refractivity contribution in [2.45, 2.75) is 32.2 Å². The smallest absolute Gasteiger partial charge is 0.335 e. The van der Waals surface area contributed by atoms with E-state index in [9.17, 15) is 14.3 Å². The fourth-order valence-corrected chi connectivity index (χ4v) is 6.31. The minimum Gasteiger partial charge on any atom is -0.478 e. The fraction of sp³-hybridized carbons (Fsp3) is 0.333. The lowest BCUT2D eigenvalue weighted by atomic mass is 10.1. The SMILES string of the molecule is O=C(O)c1ccc2nc(CN3CCN(c4cccc(OCc5nc6ccc(F)cc6s5)n4)CC3)n(C[C@@H]3CCO3)c2c1. The number of anilines is 1. The van der Waals surface area contributed by atoms with Crippen LogP contribution in [0.2, 0.25) is 0 Å². The highest BCUT2D eigenvalue weighted by Crippen LogP contribution is 2.26. The highest BCUT2D eigenvalue weighted by Gasteiger charge is 2.25. The molecule has 5 heterocycles. The molecule has 0 unspecified atom stereocenters. The second-order valence-electron chi connectivity index (χ2n) is 10.5. The zero-order valence-electron chi connectivity index (χ0n) is 22.8. The average molecular weight is 589 g/mol. The number of aromatic carboxylic acids is 1. The van der Waals surface area contributed by atoms with Gasteiger partial charge in [-0.15, -0.1) is 11.3 Å². The van der Waals surface area contributed by atoms with Gasteiger partial charge in [0.1, 0.15) is 29.1 Å². The first-order chi connectivity index (χ1) is 20.5. The number of pyridine rings is 1. The number of nitrogens with zero attached hydrogens (tertiary/aromatic N) is 6. The minimum atomic E-state index is -0.946. The Morgan fingerprint density at radius 2 is 1.88 bits per heavy atom. The maximum atomic E-state index is 13.5. The van der Waals surface area contributed by atoms with Crippen molar-refractivity contribution in [2.75, 3.05) is 37.7 Å². The molecule has 1 N–H and O–H groups in total. The number of carboxylic acids is 1. The molecule has 10 nitrogen and oxygen atoms in total. The summed E-state index contributed by atoms with van der Waals surface area (Å²) in [5.74, 6) is 1.08. The van der Waals surface area contributed by atoms with E-state index in [0.717, 1.165) is 77.1 Å². The van der Waals surface area contributed by atoms with Crippen molar-refractivity contribution in [2.24, 2.45) is 0 Å². The van der Waals surface area contributed by atoms with Crippen molar-refractivity contribution in [3.05, 3.63) is 76.8 Å². The summed E-state index contributed by atoms with van der Waals surface area (Å²) in [6.07, 6.45) is 1.12. The molecule has 5 aromatic rings. The van der Waals surface area contributed by atoms with E-state index in [0.29, 0.717) is 19.0 Å².